The number of benzene rings is 1. The van der Waals surface area contributed by atoms with Gasteiger partial charge in [0.05, 0.1) is 10.6 Å². The summed E-state index contributed by atoms with van der Waals surface area (Å²) in [5, 5.41) is 8.16. The molecule has 6 nitrogen and oxygen atoms in total. The molecule has 1 aliphatic heterocycles. The maximum atomic E-state index is 12.3. The van der Waals surface area contributed by atoms with Crippen molar-refractivity contribution in [3.63, 3.8) is 0 Å². The first-order valence-corrected chi connectivity index (χ1v) is 9.89. The van der Waals surface area contributed by atoms with E-state index in [1.54, 1.807) is 17.5 Å². The van der Waals surface area contributed by atoms with Crippen LogP contribution in [-0.4, -0.2) is 47.9 Å². The zero-order valence-electron chi connectivity index (χ0n) is 13.9. The van der Waals surface area contributed by atoms with Crippen LogP contribution in [-0.2, 0) is 0 Å². The Labute approximate surface area is 165 Å². The Hall–Kier alpha value is -1.67. The van der Waals surface area contributed by atoms with Gasteiger partial charge in [0.25, 0.3) is 11.8 Å². The average Bonchev–Trinajstić information content (AvgIpc) is 3.26. The predicted octanol–water partition coefficient (Wildman–Crippen LogP) is 3.53. The molecule has 1 aliphatic rings. The summed E-state index contributed by atoms with van der Waals surface area (Å²) < 4.78 is 0. The normalized spacial score (nSPS) is 14.4. The maximum Gasteiger partial charge on any atom is 0.270 e. The first-order chi connectivity index (χ1) is 12.5. The number of hydrogen-bond acceptors (Lipinski definition) is 5. The van der Waals surface area contributed by atoms with Crippen LogP contribution in [0.1, 0.15) is 33.7 Å². The molecule has 2 amide bonds. The third kappa shape index (κ3) is 4.94. The minimum atomic E-state index is -0.401. The van der Waals surface area contributed by atoms with Gasteiger partial charge in [-0.25, -0.2) is 4.98 Å². The number of carbonyl (C=O) groups is 2. The number of aromatic nitrogens is 1. The number of rotatable bonds is 6. The Kier molecular flexibility index (Phi) is 6.48. The van der Waals surface area contributed by atoms with Crippen molar-refractivity contribution in [3.8, 4) is 0 Å². The molecule has 1 fully saturated rings. The standard InChI is InChI=1S/C17H18Cl2N4O2S/c18-11-3-4-12(13(19)9-11)15(24)22-17-21-14(10-26-17)16(25)20-5-8-23-6-1-2-7-23/h3-4,9-10H,1-2,5-8H2,(H,20,25)(H,21,22,24). The number of halogens is 2. The number of likely N-dealkylation sites (tertiary alicyclic amines) is 1. The average molecular weight is 413 g/mol. The van der Waals surface area contributed by atoms with Crippen LogP contribution in [0.3, 0.4) is 0 Å². The largest absolute Gasteiger partial charge is 0.349 e. The quantitative estimate of drug-likeness (QED) is 0.760. The topological polar surface area (TPSA) is 74.3 Å². The molecule has 26 heavy (non-hydrogen) atoms. The molecule has 1 aromatic heterocycles. The third-order valence-electron chi connectivity index (χ3n) is 4.05. The summed E-state index contributed by atoms with van der Waals surface area (Å²) in [6.07, 6.45) is 2.45. The molecular formula is C17H18Cl2N4O2S. The van der Waals surface area contributed by atoms with Crippen molar-refractivity contribution in [1.82, 2.24) is 15.2 Å². The zero-order valence-corrected chi connectivity index (χ0v) is 16.3. The summed E-state index contributed by atoms with van der Waals surface area (Å²) >= 11 is 13.0. The lowest BCUT2D eigenvalue weighted by atomic mass is 10.2. The summed E-state index contributed by atoms with van der Waals surface area (Å²) in [5.74, 6) is -0.646. The van der Waals surface area contributed by atoms with Gasteiger partial charge in [-0.15, -0.1) is 11.3 Å². The van der Waals surface area contributed by atoms with Crippen LogP contribution in [0.5, 0.6) is 0 Å². The van der Waals surface area contributed by atoms with Gasteiger partial charge >= 0.3 is 0 Å². The van der Waals surface area contributed by atoms with Gasteiger partial charge in [-0.3, -0.25) is 14.9 Å². The van der Waals surface area contributed by atoms with E-state index in [9.17, 15) is 9.59 Å². The van der Waals surface area contributed by atoms with Gasteiger partial charge in [-0.05, 0) is 44.1 Å². The zero-order chi connectivity index (χ0) is 18.5. The molecule has 0 spiro atoms. The van der Waals surface area contributed by atoms with E-state index in [1.165, 1.54) is 30.2 Å². The van der Waals surface area contributed by atoms with Crippen molar-refractivity contribution in [3.05, 3.63) is 44.9 Å². The highest BCUT2D eigenvalue weighted by Crippen LogP contribution is 2.23. The third-order valence-corrected chi connectivity index (χ3v) is 5.35. The lowest BCUT2D eigenvalue weighted by molar-refractivity contribution is 0.0944. The highest BCUT2D eigenvalue weighted by molar-refractivity contribution is 7.14. The van der Waals surface area contributed by atoms with Crippen molar-refractivity contribution in [1.29, 1.82) is 0 Å². The van der Waals surface area contributed by atoms with Gasteiger partial charge in [-0.2, -0.15) is 0 Å². The summed E-state index contributed by atoms with van der Waals surface area (Å²) in [4.78, 5) is 30.9. The van der Waals surface area contributed by atoms with Gasteiger partial charge < -0.3 is 10.2 Å². The van der Waals surface area contributed by atoms with E-state index in [0.29, 0.717) is 22.3 Å². The minimum Gasteiger partial charge on any atom is -0.349 e. The smallest absolute Gasteiger partial charge is 0.270 e. The highest BCUT2D eigenvalue weighted by Gasteiger charge is 2.16. The summed E-state index contributed by atoms with van der Waals surface area (Å²) in [7, 11) is 0. The number of thiazole rings is 1. The van der Waals surface area contributed by atoms with Crippen molar-refractivity contribution >= 4 is 51.5 Å². The second-order valence-electron chi connectivity index (χ2n) is 5.92. The predicted molar refractivity (Wildman–Crippen MR) is 105 cm³/mol. The fourth-order valence-electron chi connectivity index (χ4n) is 2.70. The van der Waals surface area contributed by atoms with E-state index in [4.69, 9.17) is 23.2 Å². The Morgan fingerprint density at radius 1 is 1.19 bits per heavy atom. The SMILES string of the molecule is O=C(NCCN1CCCC1)c1csc(NC(=O)c2ccc(Cl)cc2Cl)n1. The van der Waals surface area contributed by atoms with Crippen molar-refractivity contribution < 1.29 is 9.59 Å². The van der Waals surface area contributed by atoms with Crippen LogP contribution in [0.25, 0.3) is 0 Å². The number of carbonyl (C=O) groups excluding carboxylic acids is 2. The van der Waals surface area contributed by atoms with Crippen LogP contribution in [0.2, 0.25) is 10.0 Å². The molecule has 2 heterocycles. The Morgan fingerprint density at radius 3 is 2.69 bits per heavy atom. The molecule has 9 heteroatoms. The van der Waals surface area contributed by atoms with Crippen LogP contribution in [0.15, 0.2) is 23.6 Å². The summed E-state index contributed by atoms with van der Waals surface area (Å²) in [5.41, 5.74) is 0.580. The molecule has 0 bridgehead atoms. The Balaban J connectivity index is 1.53. The molecule has 0 aliphatic carbocycles. The van der Waals surface area contributed by atoms with E-state index in [0.717, 1.165) is 19.6 Å². The van der Waals surface area contributed by atoms with E-state index >= 15 is 0 Å². The fraction of sp³-hybridized carbons (Fsp3) is 0.353. The molecule has 2 aromatic rings. The molecular weight excluding hydrogens is 395 g/mol. The monoisotopic (exact) mass is 412 g/mol. The molecule has 0 radical (unpaired) electrons. The molecule has 1 saturated heterocycles. The van der Waals surface area contributed by atoms with Crippen LogP contribution < -0.4 is 10.6 Å². The molecule has 0 atom stereocenters. The van der Waals surface area contributed by atoms with Gasteiger partial charge in [0.15, 0.2) is 5.13 Å². The Morgan fingerprint density at radius 2 is 1.96 bits per heavy atom. The van der Waals surface area contributed by atoms with Crippen LogP contribution in [0.4, 0.5) is 5.13 Å². The number of nitrogens with zero attached hydrogens (tertiary/aromatic N) is 2. The van der Waals surface area contributed by atoms with E-state index in [2.05, 4.69) is 20.5 Å². The van der Waals surface area contributed by atoms with Gasteiger partial charge in [0.1, 0.15) is 5.69 Å². The van der Waals surface area contributed by atoms with E-state index in [-0.39, 0.29) is 16.6 Å². The first kappa shape index (κ1) is 19.1. The van der Waals surface area contributed by atoms with Crippen molar-refractivity contribution in [2.75, 3.05) is 31.5 Å². The van der Waals surface area contributed by atoms with E-state index in [1.807, 2.05) is 0 Å². The maximum absolute atomic E-state index is 12.3. The number of amides is 2. The van der Waals surface area contributed by atoms with Crippen molar-refractivity contribution in [2.45, 2.75) is 12.8 Å². The van der Waals surface area contributed by atoms with E-state index < -0.39 is 5.91 Å². The van der Waals surface area contributed by atoms with Gasteiger partial charge in [0.2, 0.25) is 0 Å². The first-order valence-electron chi connectivity index (χ1n) is 8.25. The minimum absolute atomic E-state index is 0.245. The Bertz CT molecular complexity index is 806. The number of hydrogen-bond donors (Lipinski definition) is 2. The molecule has 138 valence electrons. The molecule has 0 unspecified atom stereocenters. The second kappa shape index (κ2) is 8.81. The van der Waals surface area contributed by atoms with Gasteiger partial charge in [-0.1, -0.05) is 23.2 Å². The van der Waals surface area contributed by atoms with Crippen LogP contribution >= 0.6 is 34.5 Å². The molecule has 0 saturated carbocycles. The summed E-state index contributed by atoms with van der Waals surface area (Å²) in [6.45, 7) is 3.61. The van der Waals surface area contributed by atoms with Gasteiger partial charge in [0, 0.05) is 23.5 Å². The molecule has 3 rings (SSSR count). The second-order valence-corrected chi connectivity index (χ2v) is 7.62. The van der Waals surface area contributed by atoms with Crippen LogP contribution in [0, 0.1) is 0 Å². The fourth-order valence-corrected chi connectivity index (χ4v) is 3.88. The molecule has 2 N–H and O–H groups in total. The molecule has 1 aromatic carbocycles. The lowest BCUT2D eigenvalue weighted by Gasteiger charge is -2.14. The highest BCUT2D eigenvalue weighted by atomic mass is 35.5. The summed E-state index contributed by atoms with van der Waals surface area (Å²) in [6, 6.07) is 4.63. The van der Waals surface area contributed by atoms with Crippen molar-refractivity contribution in [2.24, 2.45) is 0 Å². The lowest BCUT2D eigenvalue weighted by Crippen LogP contribution is -2.33. The number of nitrogens with one attached hydrogen (secondary N) is 2. The number of anilines is 1.